The van der Waals surface area contributed by atoms with Gasteiger partial charge >= 0.3 is 12.1 Å². The van der Waals surface area contributed by atoms with Crippen molar-refractivity contribution in [1.29, 1.82) is 0 Å². The average molecular weight is 338 g/mol. The minimum absolute atomic E-state index is 0.172. The Morgan fingerprint density at radius 2 is 2.04 bits per heavy atom. The lowest BCUT2D eigenvalue weighted by atomic mass is 10.1. The van der Waals surface area contributed by atoms with Crippen molar-refractivity contribution in [2.24, 2.45) is 0 Å². The molecule has 1 N–H and O–H groups in total. The van der Waals surface area contributed by atoms with Crippen LogP contribution in [0.2, 0.25) is 0 Å². The summed E-state index contributed by atoms with van der Waals surface area (Å²) in [7, 11) is 0. The lowest BCUT2D eigenvalue weighted by molar-refractivity contribution is -0.145. The van der Waals surface area contributed by atoms with Gasteiger partial charge in [0.25, 0.3) is 0 Å². The van der Waals surface area contributed by atoms with Crippen LogP contribution in [0.5, 0.6) is 0 Å². The van der Waals surface area contributed by atoms with E-state index in [-0.39, 0.29) is 18.9 Å². The quantitative estimate of drug-likeness (QED) is 0.916. The molecule has 1 amide bonds. The summed E-state index contributed by atoms with van der Waals surface area (Å²) < 4.78 is 18.6. The number of rotatable bonds is 3. The molecule has 0 radical (unpaired) electrons. The Hall–Kier alpha value is -2.15. The molecular weight excluding hydrogens is 315 g/mol. The van der Waals surface area contributed by atoms with E-state index in [2.05, 4.69) is 0 Å². The molecule has 0 bridgehead atoms. The summed E-state index contributed by atoms with van der Waals surface area (Å²) in [5, 5.41) is 9.45. The van der Waals surface area contributed by atoms with E-state index >= 15 is 0 Å². The first-order valence-electron chi connectivity index (χ1n) is 7.85. The van der Waals surface area contributed by atoms with Gasteiger partial charge in [0.05, 0.1) is 0 Å². The second kappa shape index (κ2) is 7.17. The highest BCUT2D eigenvalue weighted by molar-refractivity contribution is 5.80. The van der Waals surface area contributed by atoms with E-state index in [9.17, 15) is 19.1 Å². The van der Waals surface area contributed by atoms with E-state index in [1.807, 2.05) is 4.90 Å². The van der Waals surface area contributed by atoms with Crippen LogP contribution in [0.3, 0.4) is 0 Å². The van der Waals surface area contributed by atoms with Crippen molar-refractivity contribution in [2.45, 2.75) is 39.0 Å². The summed E-state index contributed by atoms with van der Waals surface area (Å²) >= 11 is 0. The first kappa shape index (κ1) is 18.2. The number of carboxylic acid groups (broad SMARTS) is 1. The molecule has 0 saturated carbocycles. The SMILES string of the molecule is CC(C)(C)OC(=O)N1CCN(Cc2cccc(F)c2)C[C@@H]1C(=O)O. The largest absolute Gasteiger partial charge is 0.480 e. The molecule has 0 aliphatic carbocycles. The number of benzene rings is 1. The second-order valence-corrected chi connectivity index (χ2v) is 6.89. The van der Waals surface area contributed by atoms with Crippen LogP contribution in [0.25, 0.3) is 0 Å². The van der Waals surface area contributed by atoms with Gasteiger partial charge in [0.1, 0.15) is 17.5 Å². The number of ether oxygens (including phenoxy) is 1. The number of carboxylic acids is 1. The predicted molar refractivity (Wildman–Crippen MR) is 86.0 cm³/mol. The third kappa shape index (κ3) is 4.92. The molecule has 6 nitrogen and oxygen atoms in total. The highest BCUT2D eigenvalue weighted by atomic mass is 19.1. The monoisotopic (exact) mass is 338 g/mol. The van der Waals surface area contributed by atoms with E-state index in [4.69, 9.17) is 4.74 Å². The van der Waals surface area contributed by atoms with Crippen LogP contribution >= 0.6 is 0 Å². The number of hydrogen-bond acceptors (Lipinski definition) is 4. The lowest BCUT2D eigenvalue weighted by Gasteiger charge is -2.39. The Morgan fingerprint density at radius 3 is 2.62 bits per heavy atom. The molecule has 1 aromatic rings. The van der Waals surface area contributed by atoms with Crippen LogP contribution in [0.15, 0.2) is 24.3 Å². The third-order valence-electron chi connectivity index (χ3n) is 3.67. The Balaban J connectivity index is 2.05. The molecule has 7 heteroatoms. The topological polar surface area (TPSA) is 70.1 Å². The normalized spacial score (nSPS) is 19.2. The molecule has 1 heterocycles. The first-order valence-corrected chi connectivity index (χ1v) is 7.85. The van der Waals surface area contributed by atoms with E-state index in [0.717, 1.165) is 5.56 Å². The fourth-order valence-electron chi connectivity index (χ4n) is 2.63. The molecule has 1 saturated heterocycles. The van der Waals surface area contributed by atoms with Crippen molar-refractivity contribution in [3.05, 3.63) is 35.6 Å². The molecule has 2 rings (SSSR count). The van der Waals surface area contributed by atoms with Crippen molar-refractivity contribution in [1.82, 2.24) is 9.80 Å². The van der Waals surface area contributed by atoms with Crippen LogP contribution in [0, 0.1) is 5.82 Å². The highest BCUT2D eigenvalue weighted by Crippen LogP contribution is 2.18. The van der Waals surface area contributed by atoms with Gasteiger partial charge in [0, 0.05) is 26.2 Å². The van der Waals surface area contributed by atoms with Gasteiger partial charge in [-0.05, 0) is 38.5 Å². The van der Waals surface area contributed by atoms with Crippen molar-refractivity contribution in [3.8, 4) is 0 Å². The molecule has 1 aromatic carbocycles. The second-order valence-electron chi connectivity index (χ2n) is 6.89. The molecular formula is C17H23FN2O4. The summed E-state index contributed by atoms with van der Waals surface area (Å²) in [4.78, 5) is 26.9. The van der Waals surface area contributed by atoms with Crippen LogP contribution in [-0.2, 0) is 16.1 Å². The molecule has 132 valence electrons. The van der Waals surface area contributed by atoms with Crippen molar-refractivity contribution >= 4 is 12.1 Å². The average Bonchev–Trinajstić information content (AvgIpc) is 2.45. The first-order chi connectivity index (χ1) is 11.2. The molecule has 0 spiro atoms. The summed E-state index contributed by atoms with van der Waals surface area (Å²) in [5.74, 6) is -1.40. The molecule has 1 aliphatic heterocycles. The van der Waals surface area contributed by atoms with Crippen LogP contribution in [0.4, 0.5) is 9.18 Å². The molecule has 0 aromatic heterocycles. The van der Waals surface area contributed by atoms with Crippen LogP contribution in [0.1, 0.15) is 26.3 Å². The Bertz CT molecular complexity index is 615. The molecule has 1 fully saturated rings. The predicted octanol–water partition coefficient (Wildman–Crippen LogP) is 2.33. The Kier molecular flexibility index (Phi) is 5.43. The zero-order valence-corrected chi connectivity index (χ0v) is 14.2. The number of nitrogens with zero attached hydrogens (tertiary/aromatic N) is 2. The summed E-state index contributed by atoms with van der Waals surface area (Å²) in [6.07, 6.45) is -0.625. The van der Waals surface area contributed by atoms with Gasteiger partial charge in [0.2, 0.25) is 0 Å². The zero-order chi connectivity index (χ0) is 17.9. The van der Waals surface area contributed by atoms with Gasteiger partial charge < -0.3 is 9.84 Å². The molecule has 1 atom stereocenters. The fourth-order valence-corrected chi connectivity index (χ4v) is 2.63. The maximum atomic E-state index is 13.3. The lowest BCUT2D eigenvalue weighted by Crippen LogP contribution is -2.58. The number of amides is 1. The number of halogens is 1. The van der Waals surface area contributed by atoms with Crippen molar-refractivity contribution in [2.75, 3.05) is 19.6 Å². The van der Waals surface area contributed by atoms with Gasteiger partial charge in [-0.2, -0.15) is 0 Å². The van der Waals surface area contributed by atoms with E-state index in [0.29, 0.717) is 13.1 Å². The number of carbonyl (C=O) groups excluding carboxylic acids is 1. The minimum atomic E-state index is -1.08. The minimum Gasteiger partial charge on any atom is -0.480 e. The van der Waals surface area contributed by atoms with Gasteiger partial charge in [-0.15, -0.1) is 0 Å². The van der Waals surface area contributed by atoms with Gasteiger partial charge in [-0.25, -0.2) is 14.0 Å². The highest BCUT2D eigenvalue weighted by Gasteiger charge is 2.37. The van der Waals surface area contributed by atoms with Crippen molar-refractivity contribution in [3.63, 3.8) is 0 Å². The Morgan fingerprint density at radius 1 is 1.33 bits per heavy atom. The number of aliphatic carboxylic acids is 1. The molecule has 0 unspecified atom stereocenters. The zero-order valence-electron chi connectivity index (χ0n) is 14.2. The van der Waals surface area contributed by atoms with Gasteiger partial charge in [0.15, 0.2) is 0 Å². The van der Waals surface area contributed by atoms with Gasteiger partial charge in [-0.1, -0.05) is 12.1 Å². The maximum absolute atomic E-state index is 13.3. The molecule has 1 aliphatic rings. The number of hydrogen-bond donors (Lipinski definition) is 1. The van der Waals surface area contributed by atoms with E-state index in [1.54, 1.807) is 32.9 Å². The number of piperazine rings is 1. The van der Waals surface area contributed by atoms with Crippen molar-refractivity contribution < 1.29 is 23.8 Å². The maximum Gasteiger partial charge on any atom is 0.411 e. The standard InChI is InChI=1S/C17H23FN2O4/c1-17(2,3)24-16(23)20-8-7-19(11-14(20)15(21)22)10-12-5-4-6-13(18)9-12/h4-6,9,14H,7-8,10-11H2,1-3H3,(H,21,22)/t14-/m1/s1. The van der Waals surface area contributed by atoms with Crippen LogP contribution in [-0.4, -0.2) is 58.2 Å². The third-order valence-corrected chi connectivity index (χ3v) is 3.67. The smallest absolute Gasteiger partial charge is 0.411 e. The summed E-state index contributed by atoms with van der Waals surface area (Å²) in [6, 6.07) is 5.22. The number of carbonyl (C=O) groups is 2. The summed E-state index contributed by atoms with van der Waals surface area (Å²) in [6.45, 7) is 6.57. The van der Waals surface area contributed by atoms with E-state index in [1.165, 1.54) is 17.0 Å². The van der Waals surface area contributed by atoms with Gasteiger partial charge in [-0.3, -0.25) is 9.80 Å². The summed E-state index contributed by atoms with van der Waals surface area (Å²) in [5.41, 5.74) is 0.0867. The fraction of sp³-hybridized carbons (Fsp3) is 0.529. The molecule has 24 heavy (non-hydrogen) atoms. The van der Waals surface area contributed by atoms with E-state index < -0.39 is 23.7 Å². The van der Waals surface area contributed by atoms with Crippen LogP contribution < -0.4 is 0 Å². The Labute approximate surface area is 140 Å².